The SMILES string of the molecule is Cc1ccc(F)cc1NC(=O)CSc1nnc(C(C)Oc2ccc(F)cc2)n1C(C)C. The number of halogens is 2. The molecule has 0 spiro atoms. The number of hydrogen-bond donors (Lipinski definition) is 1. The molecule has 3 aromatic rings. The van der Waals surface area contributed by atoms with Crippen LogP contribution in [0.3, 0.4) is 0 Å². The van der Waals surface area contributed by atoms with Crippen molar-refractivity contribution in [2.45, 2.75) is 45.0 Å². The summed E-state index contributed by atoms with van der Waals surface area (Å²) in [6, 6.07) is 10.0. The van der Waals surface area contributed by atoms with E-state index in [9.17, 15) is 13.6 Å². The van der Waals surface area contributed by atoms with E-state index in [0.29, 0.717) is 22.4 Å². The number of aryl methyl sites for hydroxylation is 1. The van der Waals surface area contributed by atoms with Gasteiger partial charge >= 0.3 is 0 Å². The van der Waals surface area contributed by atoms with E-state index in [4.69, 9.17) is 4.74 Å². The summed E-state index contributed by atoms with van der Waals surface area (Å²) in [4.78, 5) is 12.4. The van der Waals surface area contributed by atoms with E-state index in [1.807, 2.05) is 25.3 Å². The van der Waals surface area contributed by atoms with Crippen LogP contribution in [0.25, 0.3) is 0 Å². The first-order chi connectivity index (χ1) is 14.7. The third kappa shape index (κ3) is 5.81. The van der Waals surface area contributed by atoms with Gasteiger partial charge in [0.1, 0.15) is 17.4 Å². The summed E-state index contributed by atoms with van der Waals surface area (Å²) >= 11 is 1.24. The maximum Gasteiger partial charge on any atom is 0.234 e. The molecule has 6 nitrogen and oxygen atoms in total. The zero-order valence-electron chi connectivity index (χ0n) is 17.7. The second-order valence-corrected chi connectivity index (χ2v) is 8.26. The molecule has 1 heterocycles. The maximum atomic E-state index is 13.4. The van der Waals surface area contributed by atoms with E-state index in [-0.39, 0.29) is 23.5 Å². The van der Waals surface area contributed by atoms with Crippen molar-refractivity contribution in [1.29, 1.82) is 0 Å². The third-order valence-corrected chi connectivity index (χ3v) is 5.45. The molecule has 0 aliphatic heterocycles. The summed E-state index contributed by atoms with van der Waals surface area (Å²) in [5.74, 6) is 0.195. The second kappa shape index (κ2) is 9.91. The zero-order valence-corrected chi connectivity index (χ0v) is 18.5. The molecule has 164 valence electrons. The molecule has 0 bridgehead atoms. The topological polar surface area (TPSA) is 69.0 Å². The van der Waals surface area contributed by atoms with Gasteiger partial charge in [-0.1, -0.05) is 17.8 Å². The van der Waals surface area contributed by atoms with Crippen molar-refractivity contribution in [1.82, 2.24) is 14.8 Å². The van der Waals surface area contributed by atoms with Crippen LogP contribution in [0.5, 0.6) is 5.75 Å². The first-order valence-electron chi connectivity index (χ1n) is 9.80. The molecule has 0 aliphatic rings. The van der Waals surface area contributed by atoms with Gasteiger partial charge < -0.3 is 14.6 Å². The highest BCUT2D eigenvalue weighted by molar-refractivity contribution is 7.99. The molecule has 0 saturated carbocycles. The first-order valence-corrected chi connectivity index (χ1v) is 10.8. The number of aromatic nitrogens is 3. The summed E-state index contributed by atoms with van der Waals surface area (Å²) in [6.45, 7) is 7.60. The highest BCUT2D eigenvalue weighted by Gasteiger charge is 2.22. The van der Waals surface area contributed by atoms with Crippen LogP contribution in [0.15, 0.2) is 47.6 Å². The zero-order chi connectivity index (χ0) is 22.5. The number of thioether (sulfide) groups is 1. The maximum absolute atomic E-state index is 13.4. The summed E-state index contributed by atoms with van der Waals surface area (Å²) in [5, 5.41) is 11.8. The largest absolute Gasteiger partial charge is 0.483 e. The Balaban J connectivity index is 1.69. The molecule has 0 radical (unpaired) electrons. The molecule has 0 saturated heterocycles. The van der Waals surface area contributed by atoms with Gasteiger partial charge in [0, 0.05) is 11.7 Å². The number of amides is 1. The van der Waals surface area contributed by atoms with E-state index in [2.05, 4.69) is 15.5 Å². The molecule has 1 aromatic heterocycles. The lowest BCUT2D eigenvalue weighted by molar-refractivity contribution is -0.113. The highest BCUT2D eigenvalue weighted by atomic mass is 32.2. The smallest absolute Gasteiger partial charge is 0.234 e. The first kappa shape index (κ1) is 22.7. The van der Waals surface area contributed by atoms with E-state index >= 15 is 0 Å². The Labute approximate surface area is 184 Å². The van der Waals surface area contributed by atoms with Crippen molar-refractivity contribution in [3.8, 4) is 5.75 Å². The normalized spacial score (nSPS) is 12.1. The Morgan fingerprint density at radius 3 is 2.45 bits per heavy atom. The van der Waals surface area contributed by atoms with Crippen LogP contribution in [0.4, 0.5) is 14.5 Å². The minimum absolute atomic E-state index is 0.0280. The van der Waals surface area contributed by atoms with Crippen LogP contribution in [0.1, 0.15) is 44.3 Å². The van der Waals surface area contributed by atoms with Crippen molar-refractivity contribution in [2.24, 2.45) is 0 Å². The van der Waals surface area contributed by atoms with Gasteiger partial charge in [-0.25, -0.2) is 8.78 Å². The molecule has 1 atom stereocenters. The minimum Gasteiger partial charge on any atom is -0.483 e. The number of rotatable bonds is 8. The lowest BCUT2D eigenvalue weighted by atomic mass is 10.2. The molecule has 1 N–H and O–H groups in total. The summed E-state index contributed by atoms with van der Waals surface area (Å²) in [5.41, 5.74) is 1.22. The van der Waals surface area contributed by atoms with Crippen molar-refractivity contribution < 1.29 is 18.3 Å². The third-order valence-electron chi connectivity index (χ3n) is 4.50. The fourth-order valence-corrected chi connectivity index (χ4v) is 3.84. The van der Waals surface area contributed by atoms with Gasteiger partial charge in [0.25, 0.3) is 0 Å². The lowest BCUT2D eigenvalue weighted by Gasteiger charge is -2.19. The fraction of sp³-hybridized carbons (Fsp3) is 0.318. The number of anilines is 1. The molecule has 2 aromatic carbocycles. The average Bonchev–Trinajstić information content (AvgIpc) is 3.15. The molecular weight excluding hydrogens is 422 g/mol. The van der Waals surface area contributed by atoms with E-state index < -0.39 is 11.9 Å². The average molecular weight is 447 g/mol. The van der Waals surface area contributed by atoms with Gasteiger partial charge in [-0.15, -0.1) is 10.2 Å². The Bertz CT molecular complexity index is 1050. The number of benzene rings is 2. The number of carbonyl (C=O) groups is 1. The van der Waals surface area contributed by atoms with Gasteiger partial charge in [0.05, 0.1) is 5.75 Å². The molecule has 1 amide bonds. The van der Waals surface area contributed by atoms with Crippen molar-refractivity contribution in [3.63, 3.8) is 0 Å². The van der Waals surface area contributed by atoms with E-state index in [0.717, 1.165) is 5.56 Å². The molecule has 0 aliphatic carbocycles. The summed E-state index contributed by atoms with van der Waals surface area (Å²) < 4.78 is 34.3. The van der Waals surface area contributed by atoms with Crippen LogP contribution < -0.4 is 10.1 Å². The monoisotopic (exact) mass is 446 g/mol. The number of ether oxygens (including phenoxy) is 1. The van der Waals surface area contributed by atoms with Crippen molar-refractivity contribution in [2.75, 3.05) is 11.1 Å². The summed E-state index contributed by atoms with van der Waals surface area (Å²) in [6.07, 6.45) is -0.432. The molecule has 3 rings (SSSR count). The predicted molar refractivity (Wildman–Crippen MR) is 116 cm³/mol. The number of nitrogens with zero attached hydrogens (tertiary/aromatic N) is 3. The number of hydrogen-bond acceptors (Lipinski definition) is 5. The fourth-order valence-electron chi connectivity index (χ4n) is 2.96. The minimum atomic E-state index is -0.432. The molecule has 1 unspecified atom stereocenters. The van der Waals surface area contributed by atoms with Gasteiger partial charge in [-0.05, 0) is 69.7 Å². The quantitative estimate of drug-likeness (QED) is 0.475. The van der Waals surface area contributed by atoms with Crippen LogP contribution in [-0.4, -0.2) is 26.4 Å². The van der Waals surface area contributed by atoms with Crippen LogP contribution >= 0.6 is 11.8 Å². The lowest BCUT2D eigenvalue weighted by Crippen LogP contribution is -2.17. The van der Waals surface area contributed by atoms with Crippen LogP contribution in [0, 0.1) is 18.6 Å². The van der Waals surface area contributed by atoms with Gasteiger partial charge in [0.15, 0.2) is 17.1 Å². The van der Waals surface area contributed by atoms with Crippen molar-refractivity contribution >= 4 is 23.4 Å². The molecule has 9 heteroatoms. The Morgan fingerprint density at radius 2 is 1.77 bits per heavy atom. The highest BCUT2D eigenvalue weighted by Crippen LogP contribution is 2.28. The number of carbonyl (C=O) groups excluding carboxylic acids is 1. The van der Waals surface area contributed by atoms with Gasteiger partial charge in [-0.2, -0.15) is 0 Å². The Hall–Kier alpha value is -2.94. The predicted octanol–water partition coefficient (Wildman–Crippen LogP) is 5.32. The standard InChI is InChI=1S/C22H24F2N4O2S/c1-13(2)28-21(15(4)30-18-9-7-16(23)8-10-18)26-27-22(28)31-12-20(29)25-19-11-17(24)6-5-14(19)3/h5-11,13,15H,12H2,1-4H3,(H,25,29). The van der Waals surface area contributed by atoms with Crippen LogP contribution in [-0.2, 0) is 4.79 Å². The van der Waals surface area contributed by atoms with Crippen LogP contribution in [0.2, 0.25) is 0 Å². The van der Waals surface area contributed by atoms with E-state index in [1.54, 1.807) is 25.1 Å². The Morgan fingerprint density at radius 1 is 1.10 bits per heavy atom. The molecule has 0 fully saturated rings. The summed E-state index contributed by atoms with van der Waals surface area (Å²) in [7, 11) is 0. The molecular formula is C22H24F2N4O2S. The number of nitrogens with one attached hydrogen (secondary N) is 1. The van der Waals surface area contributed by atoms with Gasteiger partial charge in [-0.3, -0.25) is 4.79 Å². The second-order valence-electron chi connectivity index (χ2n) is 7.31. The Kier molecular flexibility index (Phi) is 7.27. The van der Waals surface area contributed by atoms with Gasteiger partial charge in [0.2, 0.25) is 5.91 Å². The van der Waals surface area contributed by atoms with Crippen molar-refractivity contribution in [3.05, 3.63) is 65.5 Å². The van der Waals surface area contributed by atoms with E-state index in [1.165, 1.54) is 36.0 Å². The molecule has 31 heavy (non-hydrogen) atoms.